The molecule has 1 aromatic heterocycles. The van der Waals surface area contributed by atoms with Crippen molar-refractivity contribution in [2.24, 2.45) is 0 Å². The minimum absolute atomic E-state index is 0.0705. The molecule has 0 aliphatic carbocycles. The van der Waals surface area contributed by atoms with Crippen LogP contribution in [0.2, 0.25) is 5.02 Å². The predicted octanol–water partition coefficient (Wildman–Crippen LogP) is 1.70. The molecule has 1 aromatic carbocycles. The van der Waals surface area contributed by atoms with Gasteiger partial charge < -0.3 is 5.84 Å². The highest BCUT2D eigenvalue weighted by molar-refractivity contribution is 6.31. The molecule has 126 valence electrons. The lowest BCUT2D eigenvalue weighted by molar-refractivity contribution is -0.143. The van der Waals surface area contributed by atoms with Crippen molar-refractivity contribution in [1.82, 2.24) is 9.24 Å². The number of aryl methyl sites for hydroxylation is 1. The third-order valence-corrected chi connectivity index (χ3v) is 3.50. The second-order valence-electron chi connectivity index (χ2n) is 4.68. The Morgan fingerprint density at radius 1 is 1.29 bits per heavy atom. The Kier molecular flexibility index (Phi) is 4.16. The first kappa shape index (κ1) is 17.6. The smallest absolute Gasteiger partial charge is 0.335 e. The van der Waals surface area contributed by atoms with E-state index in [1.807, 2.05) is 0 Å². The minimum Gasteiger partial charge on any atom is -0.335 e. The van der Waals surface area contributed by atoms with E-state index < -0.39 is 39.6 Å². The predicted molar refractivity (Wildman–Crippen MR) is 75.9 cm³/mol. The number of rotatable bonds is 1. The summed E-state index contributed by atoms with van der Waals surface area (Å²) in [5.41, 5.74) is -5.62. The van der Waals surface area contributed by atoms with Crippen molar-refractivity contribution in [3.63, 3.8) is 0 Å². The van der Waals surface area contributed by atoms with Gasteiger partial charge in [-0.05, 0) is 24.6 Å². The summed E-state index contributed by atoms with van der Waals surface area (Å²) in [7, 11) is 0. The lowest BCUT2D eigenvalue weighted by Gasteiger charge is -2.16. The Morgan fingerprint density at radius 3 is 2.38 bits per heavy atom. The van der Waals surface area contributed by atoms with Crippen LogP contribution in [-0.2, 0) is 6.18 Å². The summed E-state index contributed by atoms with van der Waals surface area (Å²) >= 11 is 5.39. The number of alkyl halides is 3. The Balaban J connectivity index is 2.95. The molecule has 2 rings (SSSR count). The van der Waals surface area contributed by atoms with Crippen LogP contribution in [0.3, 0.4) is 0 Å². The highest BCUT2D eigenvalue weighted by atomic mass is 35.5. The van der Waals surface area contributed by atoms with Crippen molar-refractivity contribution in [2.45, 2.75) is 13.1 Å². The molecule has 2 aromatic rings. The van der Waals surface area contributed by atoms with Crippen molar-refractivity contribution >= 4 is 11.6 Å². The Hall–Kier alpha value is -2.80. The second kappa shape index (κ2) is 5.68. The number of halogens is 5. The van der Waals surface area contributed by atoms with Crippen LogP contribution in [0.1, 0.15) is 16.8 Å². The standard InChI is InChI=1S/C13H7ClF4N4O2/c1-5-2-8(7(15)3-6(5)4-19)21-11(23)9(14)10(13(16,17)18)22(20)12(21)24/h2-3H,20H2,1H3. The monoisotopic (exact) mass is 362 g/mol. The number of nitriles is 1. The molecular formula is C13H7ClF4N4O2. The summed E-state index contributed by atoms with van der Waals surface area (Å²) in [4.78, 5) is 24.1. The zero-order valence-electron chi connectivity index (χ0n) is 11.8. The third kappa shape index (κ3) is 2.63. The number of nitrogens with two attached hydrogens (primary N) is 1. The lowest BCUT2D eigenvalue weighted by Crippen LogP contribution is -2.46. The molecule has 0 aliphatic heterocycles. The van der Waals surface area contributed by atoms with Gasteiger partial charge in [0, 0.05) is 0 Å². The maximum atomic E-state index is 14.1. The lowest BCUT2D eigenvalue weighted by atomic mass is 10.1. The summed E-state index contributed by atoms with van der Waals surface area (Å²) in [6.07, 6.45) is -5.16. The van der Waals surface area contributed by atoms with E-state index >= 15 is 0 Å². The quantitative estimate of drug-likeness (QED) is 0.617. The fraction of sp³-hybridized carbons (Fsp3) is 0.154. The second-order valence-corrected chi connectivity index (χ2v) is 5.06. The number of nitrogens with zero attached hydrogens (tertiary/aromatic N) is 3. The zero-order chi connectivity index (χ0) is 18.4. The van der Waals surface area contributed by atoms with Gasteiger partial charge in [-0.25, -0.2) is 18.4 Å². The third-order valence-electron chi connectivity index (χ3n) is 3.16. The summed E-state index contributed by atoms with van der Waals surface area (Å²) in [5, 5.41) is 7.43. The number of aromatic nitrogens is 2. The van der Waals surface area contributed by atoms with Crippen molar-refractivity contribution in [1.29, 1.82) is 5.26 Å². The van der Waals surface area contributed by atoms with Crippen molar-refractivity contribution < 1.29 is 17.6 Å². The molecule has 0 bridgehead atoms. The van der Waals surface area contributed by atoms with Gasteiger partial charge in [-0.2, -0.15) is 18.4 Å². The van der Waals surface area contributed by atoms with Gasteiger partial charge in [-0.3, -0.25) is 4.79 Å². The largest absolute Gasteiger partial charge is 0.435 e. The molecular weight excluding hydrogens is 356 g/mol. The van der Waals surface area contributed by atoms with Crippen LogP contribution >= 0.6 is 11.6 Å². The van der Waals surface area contributed by atoms with Crippen LogP contribution in [0.15, 0.2) is 21.7 Å². The number of hydrogen-bond acceptors (Lipinski definition) is 4. The summed E-state index contributed by atoms with van der Waals surface area (Å²) in [6.45, 7) is 1.39. The first-order valence-electron chi connectivity index (χ1n) is 6.11. The Morgan fingerprint density at radius 2 is 1.88 bits per heavy atom. The van der Waals surface area contributed by atoms with E-state index in [1.54, 1.807) is 6.07 Å². The molecule has 0 saturated carbocycles. The average Bonchev–Trinajstić information content (AvgIpc) is 2.47. The summed E-state index contributed by atoms with van der Waals surface area (Å²) < 4.78 is 52.4. The van der Waals surface area contributed by atoms with Gasteiger partial charge in [0.15, 0.2) is 5.69 Å². The molecule has 0 amide bonds. The highest BCUT2D eigenvalue weighted by Gasteiger charge is 2.39. The summed E-state index contributed by atoms with van der Waals surface area (Å²) in [5.74, 6) is 3.91. The molecule has 11 heteroatoms. The van der Waals surface area contributed by atoms with Crippen LogP contribution in [0, 0.1) is 24.1 Å². The van der Waals surface area contributed by atoms with Gasteiger partial charge in [0.05, 0.1) is 17.3 Å². The van der Waals surface area contributed by atoms with Gasteiger partial charge in [0.25, 0.3) is 5.56 Å². The average molecular weight is 363 g/mol. The fourth-order valence-corrected chi connectivity index (χ4v) is 2.31. The Labute approximate surface area is 135 Å². The van der Waals surface area contributed by atoms with E-state index in [4.69, 9.17) is 22.7 Å². The molecule has 24 heavy (non-hydrogen) atoms. The van der Waals surface area contributed by atoms with Crippen LogP contribution in [-0.4, -0.2) is 9.24 Å². The molecule has 0 radical (unpaired) electrons. The molecule has 2 N–H and O–H groups in total. The topological polar surface area (TPSA) is 93.8 Å². The fourth-order valence-electron chi connectivity index (χ4n) is 2.03. The van der Waals surface area contributed by atoms with Gasteiger partial charge >= 0.3 is 11.9 Å². The highest BCUT2D eigenvalue weighted by Crippen LogP contribution is 2.31. The van der Waals surface area contributed by atoms with E-state index in [-0.39, 0.29) is 20.4 Å². The molecule has 0 aliphatic rings. The van der Waals surface area contributed by atoms with Gasteiger partial charge in [0.1, 0.15) is 10.8 Å². The number of hydrogen-bond donors (Lipinski definition) is 1. The van der Waals surface area contributed by atoms with E-state index in [0.717, 1.165) is 12.1 Å². The number of nitrogen functional groups attached to an aromatic ring is 1. The molecule has 0 saturated heterocycles. The normalized spacial score (nSPS) is 11.4. The molecule has 0 fully saturated rings. The van der Waals surface area contributed by atoms with Crippen LogP contribution in [0.4, 0.5) is 17.6 Å². The molecule has 6 nitrogen and oxygen atoms in total. The molecule has 0 spiro atoms. The van der Waals surface area contributed by atoms with Crippen LogP contribution in [0.25, 0.3) is 5.69 Å². The molecule has 0 unspecified atom stereocenters. The maximum Gasteiger partial charge on any atom is 0.435 e. The van der Waals surface area contributed by atoms with Crippen molar-refractivity contribution in [3.05, 3.63) is 60.6 Å². The van der Waals surface area contributed by atoms with E-state index in [1.165, 1.54) is 6.92 Å². The first-order valence-corrected chi connectivity index (χ1v) is 6.49. The minimum atomic E-state index is -5.16. The van der Waals surface area contributed by atoms with E-state index in [0.29, 0.717) is 0 Å². The van der Waals surface area contributed by atoms with Gasteiger partial charge in [0.2, 0.25) is 0 Å². The molecule has 1 heterocycles. The van der Waals surface area contributed by atoms with Gasteiger partial charge in [-0.1, -0.05) is 11.6 Å². The van der Waals surface area contributed by atoms with E-state index in [9.17, 15) is 27.2 Å². The SMILES string of the molecule is Cc1cc(-n2c(=O)c(Cl)c(C(F)(F)F)n(N)c2=O)c(F)cc1C#N. The van der Waals surface area contributed by atoms with Crippen molar-refractivity contribution in [3.8, 4) is 11.8 Å². The van der Waals surface area contributed by atoms with Crippen LogP contribution < -0.4 is 17.1 Å². The first-order chi connectivity index (χ1) is 11.0. The summed E-state index contributed by atoms with van der Waals surface area (Å²) in [6, 6.07) is 3.38. The van der Waals surface area contributed by atoms with Gasteiger partial charge in [-0.15, -0.1) is 0 Å². The Bertz CT molecular complexity index is 964. The van der Waals surface area contributed by atoms with E-state index in [2.05, 4.69) is 0 Å². The molecule has 0 atom stereocenters. The number of benzene rings is 1. The maximum absolute atomic E-state index is 14.1. The zero-order valence-corrected chi connectivity index (χ0v) is 12.5. The van der Waals surface area contributed by atoms with Crippen LogP contribution in [0.5, 0.6) is 0 Å². The van der Waals surface area contributed by atoms with Crippen molar-refractivity contribution in [2.75, 3.05) is 5.84 Å².